The summed E-state index contributed by atoms with van der Waals surface area (Å²) in [6.07, 6.45) is 4.23. The van der Waals surface area contributed by atoms with Crippen molar-refractivity contribution in [1.29, 1.82) is 0 Å². The Balaban J connectivity index is 1.88. The van der Waals surface area contributed by atoms with E-state index in [4.69, 9.17) is 0 Å². The van der Waals surface area contributed by atoms with Gasteiger partial charge in [0, 0.05) is 5.57 Å². The molecule has 0 saturated heterocycles. The Bertz CT molecular complexity index is 841. The van der Waals surface area contributed by atoms with E-state index in [9.17, 15) is 14.7 Å². The number of hydrogen-bond acceptors (Lipinski definition) is 3. The molecule has 0 heterocycles. The first kappa shape index (κ1) is 14.7. The molecule has 1 aliphatic rings. The molecule has 2 aromatic rings. The van der Waals surface area contributed by atoms with E-state index in [2.05, 4.69) is 0 Å². The number of aliphatic hydroxyl groups is 1. The average molecular weight is 302 g/mol. The predicted octanol–water partition coefficient (Wildman–Crippen LogP) is 3.75. The van der Waals surface area contributed by atoms with Crippen LogP contribution in [-0.4, -0.2) is 16.7 Å². The van der Waals surface area contributed by atoms with Crippen molar-refractivity contribution in [2.45, 2.75) is 0 Å². The van der Waals surface area contributed by atoms with Crippen LogP contribution in [0.2, 0.25) is 0 Å². The fourth-order valence-corrected chi connectivity index (χ4v) is 2.42. The first-order chi connectivity index (χ1) is 11.2. The van der Waals surface area contributed by atoms with Crippen LogP contribution >= 0.6 is 0 Å². The highest BCUT2D eigenvalue weighted by Gasteiger charge is 2.29. The Morgan fingerprint density at radius 1 is 0.913 bits per heavy atom. The molecule has 0 aliphatic heterocycles. The molecule has 3 nitrogen and oxygen atoms in total. The Labute approximate surface area is 133 Å². The molecule has 0 spiro atoms. The first-order valence-corrected chi connectivity index (χ1v) is 7.19. The van der Waals surface area contributed by atoms with Crippen molar-refractivity contribution >= 4 is 23.2 Å². The average Bonchev–Trinajstić information content (AvgIpc) is 2.89. The van der Waals surface area contributed by atoms with Gasteiger partial charge in [-0.2, -0.15) is 0 Å². The first-order valence-electron chi connectivity index (χ1n) is 7.19. The zero-order chi connectivity index (χ0) is 16.2. The Morgan fingerprint density at radius 2 is 1.52 bits per heavy atom. The molecule has 2 aromatic carbocycles. The minimum absolute atomic E-state index is 0.184. The molecule has 0 amide bonds. The topological polar surface area (TPSA) is 54.4 Å². The number of rotatable bonds is 4. The molecule has 3 heteroatoms. The van der Waals surface area contributed by atoms with Crippen LogP contribution in [0.25, 0.3) is 11.6 Å². The van der Waals surface area contributed by atoms with Crippen LogP contribution in [-0.2, 0) is 9.59 Å². The number of benzene rings is 2. The zero-order valence-electron chi connectivity index (χ0n) is 12.3. The molecule has 0 radical (unpaired) electrons. The summed E-state index contributed by atoms with van der Waals surface area (Å²) < 4.78 is 0. The highest BCUT2D eigenvalue weighted by molar-refractivity contribution is 6.33. The minimum atomic E-state index is -0.501. The van der Waals surface area contributed by atoms with Crippen LogP contribution in [0, 0.1) is 0 Å². The Morgan fingerprint density at radius 3 is 2.17 bits per heavy atom. The van der Waals surface area contributed by atoms with E-state index in [-0.39, 0.29) is 11.3 Å². The fourth-order valence-electron chi connectivity index (χ4n) is 2.42. The van der Waals surface area contributed by atoms with Crippen LogP contribution in [0.5, 0.6) is 0 Å². The molecule has 112 valence electrons. The second kappa shape index (κ2) is 6.28. The van der Waals surface area contributed by atoms with Gasteiger partial charge in [-0.1, -0.05) is 66.7 Å². The molecule has 1 N–H and O–H groups in total. The summed E-state index contributed by atoms with van der Waals surface area (Å²) in [6, 6.07) is 18.3. The van der Waals surface area contributed by atoms with Crippen molar-refractivity contribution in [3.8, 4) is 0 Å². The summed E-state index contributed by atoms with van der Waals surface area (Å²) in [7, 11) is 0. The molecule has 0 unspecified atom stereocenters. The second-order valence-corrected chi connectivity index (χ2v) is 5.12. The quantitative estimate of drug-likeness (QED) is 0.691. The monoisotopic (exact) mass is 302 g/mol. The number of carbonyl (C=O) groups is 2. The molecule has 0 atom stereocenters. The summed E-state index contributed by atoms with van der Waals surface area (Å²) in [5.74, 6) is -1.23. The van der Waals surface area contributed by atoms with E-state index >= 15 is 0 Å². The van der Waals surface area contributed by atoms with Gasteiger partial charge in [0.1, 0.15) is 11.3 Å². The summed E-state index contributed by atoms with van der Waals surface area (Å²) in [6.45, 7) is 0. The van der Waals surface area contributed by atoms with Crippen molar-refractivity contribution < 1.29 is 14.7 Å². The van der Waals surface area contributed by atoms with Gasteiger partial charge in [-0.25, -0.2) is 0 Å². The number of ketones is 2. The van der Waals surface area contributed by atoms with E-state index in [1.165, 1.54) is 12.2 Å². The van der Waals surface area contributed by atoms with Gasteiger partial charge in [0.2, 0.25) is 0 Å². The third-order valence-corrected chi connectivity index (χ3v) is 3.57. The largest absolute Gasteiger partial charge is 0.506 e. The summed E-state index contributed by atoms with van der Waals surface area (Å²) in [5.41, 5.74) is 1.75. The molecule has 23 heavy (non-hydrogen) atoms. The second-order valence-electron chi connectivity index (χ2n) is 5.12. The third-order valence-electron chi connectivity index (χ3n) is 3.57. The van der Waals surface area contributed by atoms with Gasteiger partial charge in [0.25, 0.3) is 0 Å². The van der Waals surface area contributed by atoms with Crippen LogP contribution in [0.15, 0.2) is 84.1 Å². The van der Waals surface area contributed by atoms with E-state index in [1.54, 1.807) is 18.2 Å². The van der Waals surface area contributed by atoms with E-state index in [0.717, 1.165) is 5.56 Å². The number of hydrogen-bond donors (Lipinski definition) is 1. The molecule has 3 rings (SSSR count). The minimum Gasteiger partial charge on any atom is -0.506 e. The lowest BCUT2D eigenvalue weighted by molar-refractivity contribution is -0.116. The maximum Gasteiger partial charge on any atom is 0.194 e. The van der Waals surface area contributed by atoms with Gasteiger partial charge >= 0.3 is 0 Å². The molecule has 1 aliphatic carbocycles. The molecule has 0 saturated carbocycles. The van der Waals surface area contributed by atoms with E-state index in [1.807, 2.05) is 48.5 Å². The van der Waals surface area contributed by atoms with Gasteiger partial charge in [0.05, 0.1) is 0 Å². The van der Waals surface area contributed by atoms with Crippen LogP contribution in [0.4, 0.5) is 0 Å². The van der Waals surface area contributed by atoms with E-state index in [0.29, 0.717) is 11.1 Å². The molecular formula is C20H14O3. The van der Waals surface area contributed by atoms with Gasteiger partial charge in [-0.15, -0.1) is 0 Å². The van der Waals surface area contributed by atoms with E-state index < -0.39 is 11.6 Å². The molecule has 0 aromatic heterocycles. The summed E-state index contributed by atoms with van der Waals surface area (Å²) in [4.78, 5) is 24.3. The molecule has 0 bridgehead atoms. The lowest BCUT2D eigenvalue weighted by Gasteiger charge is -2.03. The number of carbonyl (C=O) groups excluding carboxylic acids is 2. The Kier molecular flexibility index (Phi) is 4.02. The van der Waals surface area contributed by atoms with Gasteiger partial charge in [-0.3, -0.25) is 9.59 Å². The van der Waals surface area contributed by atoms with Crippen molar-refractivity contribution in [2.24, 2.45) is 0 Å². The van der Waals surface area contributed by atoms with Crippen LogP contribution in [0.3, 0.4) is 0 Å². The lowest BCUT2D eigenvalue weighted by Crippen LogP contribution is -2.07. The van der Waals surface area contributed by atoms with Crippen molar-refractivity contribution in [3.05, 3.63) is 95.3 Å². The normalized spacial score (nSPS) is 14.4. The summed E-state index contributed by atoms with van der Waals surface area (Å²) >= 11 is 0. The van der Waals surface area contributed by atoms with Crippen LogP contribution in [0.1, 0.15) is 11.1 Å². The highest BCUT2D eigenvalue weighted by Crippen LogP contribution is 2.30. The van der Waals surface area contributed by atoms with Gasteiger partial charge in [0.15, 0.2) is 11.6 Å². The number of aliphatic hydroxyl groups excluding tert-OH is 1. The van der Waals surface area contributed by atoms with Crippen LogP contribution < -0.4 is 0 Å². The SMILES string of the molecule is O=C1C=C(c2ccccc2)C(O)=C1C(=O)/C=C/c1ccccc1. The predicted molar refractivity (Wildman–Crippen MR) is 89.6 cm³/mol. The van der Waals surface area contributed by atoms with Gasteiger partial charge < -0.3 is 5.11 Å². The van der Waals surface area contributed by atoms with Gasteiger partial charge in [-0.05, 0) is 23.3 Å². The van der Waals surface area contributed by atoms with Crippen molar-refractivity contribution in [1.82, 2.24) is 0 Å². The standard InChI is InChI=1S/C20H14O3/c21-17(12-11-14-7-3-1-4-8-14)19-18(22)13-16(20(19)23)15-9-5-2-6-10-15/h1-13,23H/b12-11+. The third kappa shape index (κ3) is 3.04. The number of allylic oxidation sites excluding steroid dienone is 4. The Hall–Kier alpha value is -3.20. The maximum atomic E-state index is 12.3. The van der Waals surface area contributed by atoms with Crippen molar-refractivity contribution in [2.75, 3.05) is 0 Å². The smallest absolute Gasteiger partial charge is 0.194 e. The molecular weight excluding hydrogens is 288 g/mol. The maximum absolute atomic E-state index is 12.3. The fraction of sp³-hybridized carbons (Fsp3) is 0. The molecule has 0 fully saturated rings. The lowest BCUT2D eigenvalue weighted by atomic mass is 10.0. The van der Waals surface area contributed by atoms with Crippen molar-refractivity contribution in [3.63, 3.8) is 0 Å². The summed E-state index contributed by atoms with van der Waals surface area (Å²) in [5, 5.41) is 10.3. The highest BCUT2D eigenvalue weighted by atomic mass is 16.3. The zero-order valence-corrected chi connectivity index (χ0v) is 12.3.